The molecular weight excluding hydrogens is 410 g/mol. The molecule has 2 aromatic rings. The minimum absolute atomic E-state index is 0. The largest absolute Gasteiger partial charge is 1.00 e. The van der Waals surface area contributed by atoms with Gasteiger partial charge in [-0.05, 0) is 35.9 Å². The number of hydrogen-bond acceptors (Lipinski definition) is 7. The summed E-state index contributed by atoms with van der Waals surface area (Å²) < 4.78 is 34.2. The molecule has 29 heavy (non-hydrogen) atoms. The highest BCUT2D eigenvalue weighted by atomic mass is 35.5. The Morgan fingerprint density at radius 2 is 1.45 bits per heavy atom. The molecule has 0 aliphatic carbocycles. The highest BCUT2D eigenvalue weighted by Crippen LogP contribution is 2.12. The number of ether oxygens (including phenoxy) is 2. The van der Waals surface area contributed by atoms with Crippen LogP contribution in [0.1, 0.15) is 31.8 Å². The maximum atomic E-state index is 12.7. The molecule has 0 aliphatic heterocycles. The van der Waals surface area contributed by atoms with E-state index in [0.717, 1.165) is 25.3 Å². The second-order valence-electron chi connectivity index (χ2n) is 4.79. The number of esters is 2. The predicted molar refractivity (Wildman–Crippen MR) is 96.2 cm³/mol. The van der Waals surface area contributed by atoms with Gasteiger partial charge in [-0.15, -0.1) is 0 Å². The lowest BCUT2D eigenvalue weighted by molar-refractivity contribution is -0.0000366. The third kappa shape index (κ3) is 8.66. The summed E-state index contributed by atoms with van der Waals surface area (Å²) in [5.74, 6) is -2.33. The van der Waals surface area contributed by atoms with Gasteiger partial charge < -0.3 is 32.7 Å². The van der Waals surface area contributed by atoms with Crippen molar-refractivity contribution >= 4 is 11.9 Å². The van der Waals surface area contributed by atoms with E-state index in [-0.39, 0.29) is 35.6 Å². The van der Waals surface area contributed by atoms with Gasteiger partial charge in [-0.3, -0.25) is 0 Å². The van der Waals surface area contributed by atoms with Crippen LogP contribution >= 0.6 is 0 Å². The molecule has 2 aromatic carbocycles. The van der Waals surface area contributed by atoms with E-state index in [2.05, 4.69) is 9.47 Å². The van der Waals surface area contributed by atoms with Crippen LogP contribution in [0.3, 0.4) is 0 Å². The van der Waals surface area contributed by atoms with Crippen molar-refractivity contribution in [3.63, 3.8) is 0 Å². The number of hydrogen-bond donors (Lipinski definition) is 2. The fraction of sp³-hybridized carbons (Fsp3) is 0.211. The maximum absolute atomic E-state index is 12.7. The Hall–Kier alpha value is -3.06. The van der Waals surface area contributed by atoms with E-state index in [0.29, 0.717) is 5.56 Å². The van der Waals surface area contributed by atoms with E-state index in [9.17, 15) is 18.4 Å². The number of nitrogens with two attached hydrogens (primary N) is 1. The third-order valence-corrected chi connectivity index (χ3v) is 3.20. The average Bonchev–Trinajstić information content (AvgIpc) is 2.74. The molecule has 7 nitrogen and oxygen atoms in total. The van der Waals surface area contributed by atoms with Crippen LogP contribution in [0.15, 0.2) is 36.4 Å². The van der Waals surface area contributed by atoms with E-state index >= 15 is 0 Å². The Bertz CT molecular complexity index is 857. The summed E-state index contributed by atoms with van der Waals surface area (Å²) in [4.78, 5) is 22.1. The Labute approximate surface area is 173 Å². The van der Waals surface area contributed by atoms with Gasteiger partial charge in [-0.1, -0.05) is 6.07 Å². The number of nitrogens with zero attached hydrogens (tertiary/aromatic N) is 1. The van der Waals surface area contributed by atoms with Crippen molar-refractivity contribution in [2.45, 2.75) is 6.54 Å². The maximum Gasteiger partial charge on any atom is 0.339 e. The van der Waals surface area contributed by atoms with Crippen LogP contribution in [0, 0.1) is 23.0 Å². The van der Waals surface area contributed by atoms with E-state index in [1.54, 1.807) is 6.07 Å². The summed E-state index contributed by atoms with van der Waals surface area (Å²) in [6.45, 7) is 0.185. The van der Waals surface area contributed by atoms with Crippen LogP contribution in [0.25, 0.3) is 0 Å². The van der Waals surface area contributed by atoms with Gasteiger partial charge in [0, 0.05) is 13.7 Å². The zero-order valence-corrected chi connectivity index (χ0v) is 16.7. The summed E-state index contributed by atoms with van der Waals surface area (Å²) in [7, 11) is 3.42. The predicted octanol–water partition coefficient (Wildman–Crippen LogP) is -0.833. The number of aliphatic hydroxyl groups excluding tert-OH is 1. The minimum atomic E-state index is -0.712. The van der Waals surface area contributed by atoms with Crippen molar-refractivity contribution in [2.24, 2.45) is 5.73 Å². The Morgan fingerprint density at radius 3 is 1.90 bits per heavy atom. The number of carbonyl (C=O) groups is 2. The molecule has 0 unspecified atom stereocenters. The van der Waals surface area contributed by atoms with Gasteiger partial charge in [0.15, 0.2) is 0 Å². The normalized spacial score (nSPS) is 8.62. The number of halogens is 3. The Kier molecular flexibility index (Phi) is 14.5. The molecule has 0 radical (unpaired) electrons. The van der Waals surface area contributed by atoms with Crippen molar-refractivity contribution in [1.29, 1.82) is 5.26 Å². The van der Waals surface area contributed by atoms with E-state index < -0.39 is 23.6 Å². The van der Waals surface area contributed by atoms with Crippen molar-refractivity contribution < 1.29 is 45.4 Å². The first-order valence-electron chi connectivity index (χ1n) is 7.67. The van der Waals surface area contributed by atoms with Crippen molar-refractivity contribution in [1.82, 2.24) is 0 Å². The molecule has 0 heterocycles. The number of carbonyl (C=O) groups excluding carboxylic acids is 2. The van der Waals surface area contributed by atoms with Crippen molar-refractivity contribution in [3.05, 3.63) is 70.3 Å². The standard InChI is InChI=1S/C9H10FNO2.C9H6FNO2.CH4O.ClH/c2*1-13-9(12)8-4-7(10)3-2-6(8)5-11;1-2;/h2-4H,5,11H2,1H3;2-4H,1H3;2H,1H3;1H/p-1. The summed E-state index contributed by atoms with van der Waals surface area (Å²) in [5, 5.41) is 15.6. The van der Waals surface area contributed by atoms with Crippen LogP contribution in [-0.4, -0.2) is 38.4 Å². The number of nitriles is 1. The fourth-order valence-corrected chi connectivity index (χ4v) is 1.92. The van der Waals surface area contributed by atoms with Crippen LogP contribution in [0.4, 0.5) is 8.78 Å². The molecule has 0 amide bonds. The van der Waals surface area contributed by atoms with Crippen molar-refractivity contribution in [3.8, 4) is 6.07 Å². The molecule has 0 atom stereocenters. The van der Waals surface area contributed by atoms with E-state index in [1.807, 2.05) is 0 Å². The van der Waals surface area contributed by atoms with E-state index in [4.69, 9.17) is 16.1 Å². The first-order valence-corrected chi connectivity index (χ1v) is 7.67. The number of aliphatic hydroxyl groups is 1. The molecule has 10 heteroatoms. The number of methoxy groups -OCH3 is 2. The first-order chi connectivity index (χ1) is 13.4. The smallest absolute Gasteiger partial charge is 0.339 e. The lowest BCUT2D eigenvalue weighted by Crippen LogP contribution is -3.00. The third-order valence-electron chi connectivity index (χ3n) is 3.20. The molecule has 0 bridgehead atoms. The molecule has 0 spiro atoms. The van der Waals surface area contributed by atoms with Gasteiger partial charge >= 0.3 is 11.9 Å². The van der Waals surface area contributed by atoms with Crippen LogP contribution < -0.4 is 18.1 Å². The summed E-state index contributed by atoms with van der Waals surface area (Å²) >= 11 is 0. The zero-order chi connectivity index (χ0) is 21.7. The molecule has 158 valence electrons. The SMILES string of the molecule is CO.COC(=O)c1cc(F)ccc1C#N.COC(=O)c1cc(F)ccc1CN.[Cl-]. The molecule has 0 aliphatic rings. The van der Waals surface area contributed by atoms with Crippen molar-refractivity contribution in [2.75, 3.05) is 21.3 Å². The lowest BCUT2D eigenvalue weighted by Gasteiger charge is -2.04. The number of rotatable bonds is 3. The average molecular weight is 430 g/mol. The summed E-state index contributed by atoms with van der Waals surface area (Å²) in [5.41, 5.74) is 6.18. The van der Waals surface area contributed by atoms with Crippen LogP contribution in [0.2, 0.25) is 0 Å². The molecule has 0 aromatic heterocycles. The van der Waals surface area contributed by atoms with Gasteiger partial charge in [-0.2, -0.15) is 5.26 Å². The highest BCUT2D eigenvalue weighted by Gasteiger charge is 2.12. The Balaban J connectivity index is 0. The topological polar surface area (TPSA) is 123 Å². The molecule has 0 saturated carbocycles. The second kappa shape index (κ2) is 14.9. The molecule has 3 N–H and O–H groups in total. The van der Waals surface area contributed by atoms with Gasteiger partial charge in [0.05, 0.1) is 30.9 Å². The zero-order valence-electron chi connectivity index (χ0n) is 15.9. The minimum Gasteiger partial charge on any atom is -1.00 e. The quantitative estimate of drug-likeness (QED) is 0.610. The lowest BCUT2D eigenvalue weighted by atomic mass is 10.1. The van der Waals surface area contributed by atoms with Gasteiger partial charge in [0.25, 0.3) is 0 Å². The number of benzene rings is 2. The highest BCUT2D eigenvalue weighted by molar-refractivity contribution is 5.92. The van der Waals surface area contributed by atoms with Gasteiger partial charge in [0.1, 0.15) is 17.7 Å². The van der Waals surface area contributed by atoms with Gasteiger partial charge in [-0.25, -0.2) is 18.4 Å². The monoisotopic (exact) mass is 429 g/mol. The summed E-state index contributed by atoms with van der Waals surface area (Å²) in [6, 6.07) is 8.95. The molecule has 0 fully saturated rings. The fourth-order valence-electron chi connectivity index (χ4n) is 1.92. The van der Waals surface area contributed by atoms with Crippen LogP contribution in [-0.2, 0) is 16.0 Å². The molecule has 0 saturated heterocycles. The molecule has 2 rings (SSSR count). The van der Waals surface area contributed by atoms with E-state index in [1.165, 1.54) is 32.4 Å². The van der Waals surface area contributed by atoms with Gasteiger partial charge in [0.2, 0.25) is 0 Å². The first kappa shape index (κ1) is 28.2. The van der Waals surface area contributed by atoms with Crippen LogP contribution in [0.5, 0.6) is 0 Å². The Morgan fingerprint density at radius 1 is 1.00 bits per heavy atom. The summed E-state index contributed by atoms with van der Waals surface area (Å²) in [6.07, 6.45) is 0. The molecular formula is C19H20ClF2N2O5-. The second-order valence-corrected chi connectivity index (χ2v) is 4.79.